The van der Waals surface area contributed by atoms with Crippen molar-refractivity contribution in [2.75, 3.05) is 20.1 Å². The molecule has 1 spiro atoms. The smallest absolute Gasteiger partial charge is 0.00968 e. The van der Waals surface area contributed by atoms with Crippen molar-refractivity contribution in [1.29, 1.82) is 0 Å². The Morgan fingerprint density at radius 2 is 1.59 bits per heavy atom. The molecule has 1 saturated heterocycles. The van der Waals surface area contributed by atoms with E-state index >= 15 is 0 Å². The van der Waals surface area contributed by atoms with E-state index in [0.29, 0.717) is 0 Å². The highest BCUT2D eigenvalue weighted by Gasteiger charge is 2.45. The minimum atomic E-state index is 0.776. The highest BCUT2D eigenvalue weighted by Crippen LogP contribution is 2.45. The number of nitrogens with zero attached hydrogens (tertiary/aromatic N) is 1. The maximum Gasteiger partial charge on any atom is 0.00968 e. The number of likely N-dealkylation sites (tertiary alicyclic amines) is 1. The lowest BCUT2D eigenvalue weighted by Gasteiger charge is -2.56. The van der Waals surface area contributed by atoms with Gasteiger partial charge in [0.2, 0.25) is 0 Å². The van der Waals surface area contributed by atoms with E-state index in [-0.39, 0.29) is 0 Å². The molecular formula is C15H28N2. The van der Waals surface area contributed by atoms with E-state index in [0.717, 1.165) is 17.5 Å². The second-order valence-electron chi connectivity index (χ2n) is 6.76. The second-order valence-corrected chi connectivity index (χ2v) is 6.76. The first kappa shape index (κ1) is 12.0. The molecular weight excluding hydrogens is 208 g/mol. The van der Waals surface area contributed by atoms with Crippen LogP contribution in [0, 0.1) is 5.41 Å². The molecule has 3 fully saturated rings. The summed E-state index contributed by atoms with van der Waals surface area (Å²) >= 11 is 0. The van der Waals surface area contributed by atoms with E-state index in [4.69, 9.17) is 0 Å². The van der Waals surface area contributed by atoms with E-state index in [1.54, 1.807) is 0 Å². The molecule has 0 amide bonds. The van der Waals surface area contributed by atoms with Gasteiger partial charge < -0.3 is 5.32 Å². The van der Waals surface area contributed by atoms with Crippen molar-refractivity contribution in [3.05, 3.63) is 0 Å². The summed E-state index contributed by atoms with van der Waals surface area (Å²) in [5, 5.41) is 3.44. The fourth-order valence-electron chi connectivity index (χ4n) is 4.42. The van der Waals surface area contributed by atoms with E-state index in [2.05, 4.69) is 17.3 Å². The number of rotatable bonds is 2. The Kier molecular flexibility index (Phi) is 3.45. The normalized spacial score (nSPS) is 37.9. The van der Waals surface area contributed by atoms with Crippen LogP contribution in [0.25, 0.3) is 0 Å². The van der Waals surface area contributed by atoms with Gasteiger partial charge in [0.05, 0.1) is 0 Å². The van der Waals surface area contributed by atoms with Gasteiger partial charge in [-0.25, -0.2) is 0 Å². The van der Waals surface area contributed by atoms with E-state index < -0.39 is 0 Å². The Morgan fingerprint density at radius 3 is 2.18 bits per heavy atom. The average Bonchev–Trinajstić information content (AvgIpc) is 2.37. The van der Waals surface area contributed by atoms with Gasteiger partial charge >= 0.3 is 0 Å². The van der Waals surface area contributed by atoms with Gasteiger partial charge in [0.25, 0.3) is 0 Å². The van der Waals surface area contributed by atoms with Crippen molar-refractivity contribution in [2.45, 2.75) is 69.9 Å². The Hall–Kier alpha value is -0.0800. The summed E-state index contributed by atoms with van der Waals surface area (Å²) < 4.78 is 0. The molecule has 17 heavy (non-hydrogen) atoms. The van der Waals surface area contributed by atoms with Gasteiger partial charge in [0.15, 0.2) is 0 Å². The molecule has 2 heteroatoms. The van der Waals surface area contributed by atoms with Crippen molar-refractivity contribution >= 4 is 0 Å². The van der Waals surface area contributed by atoms with Crippen LogP contribution in [0.4, 0.5) is 0 Å². The third-order valence-electron chi connectivity index (χ3n) is 5.61. The number of hydrogen-bond donors (Lipinski definition) is 1. The van der Waals surface area contributed by atoms with Crippen LogP contribution in [-0.4, -0.2) is 37.1 Å². The summed E-state index contributed by atoms with van der Waals surface area (Å²) in [5.74, 6) is 0. The molecule has 0 bridgehead atoms. The fourth-order valence-corrected chi connectivity index (χ4v) is 4.42. The molecule has 3 rings (SSSR count). The summed E-state index contributed by atoms with van der Waals surface area (Å²) in [6.07, 6.45) is 13.2. The lowest BCUT2D eigenvalue weighted by molar-refractivity contribution is -0.0640. The molecule has 98 valence electrons. The van der Waals surface area contributed by atoms with Crippen LogP contribution < -0.4 is 5.32 Å². The van der Waals surface area contributed by atoms with Crippen LogP contribution in [0.5, 0.6) is 0 Å². The average molecular weight is 236 g/mol. The zero-order chi connectivity index (χ0) is 11.7. The van der Waals surface area contributed by atoms with Crippen LogP contribution >= 0.6 is 0 Å². The van der Waals surface area contributed by atoms with E-state index in [9.17, 15) is 0 Å². The van der Waals surface area contributed by atoms with Gasteiger partial charge in [-0.05, 0) is 51.0 Å². The predicted octanol–water partition coefficient (Wildman–Crippen LogP) is 2.78. The molecule has 2 saturated carbocycles. The standard InChI is InChI=1S/C15H28N2/c1-16-13-5-7-14(8-6-13)17-11-15(12-17)9-3-2-4-10-15/h13-14,16H,2-12H2,1H3. The first-order valence-electron chi connectivity index (χ1n) is 7.73. The molecule has 1 aliphatic heterocycles. The topological polar surface area (TPSA) is 15.3 Å². The molecule has 3 aliphatic rings. The number of hydrogen-bond acceptors (Lipinski definition) is 2. The van der Waals surface area contributed by atoms with Crippen molar-refractivity contribution in [3.63, 3.8) is 0 Å². The SMILES string of the molecule is CNC1CCC(N2CC3(CCCCC3)C2)CC1. The summed E-state index contributed by atoms with van der Waals surface area (Å²) in [6, 6.07) is 1.73. The van der Waals surface area contributed by atoms with Gasteiger partial charge in [-0.3, -0.25) is 4.90 Å². The lowest BCUT2D eigenvalue weighted by atomic mass is 9.67. The van der Waals surface area contributed by atoms with Gasteiger partial charge in [-0.1, -0.05) is 19.3 Å². The minimum Gasteiger partial charge on any atom is -0.317 e. The molecule has 0 aromatic carbocycles. The molecule has 0 radical (unpaired) electrons. The molecule has 0 aromatic rings. The molecule has 2 nitrogen and oxygen atoms in total. The zero-order valence-electron chi connectivity index (χ0n) is 11.4. The van der Waals surface area contributed by atoms with Gasteiger partial charge in [-0.2, -0.15) is 0 Å². The zero-order valence-corrected chi connectivity index (χ0v) is 11.4. The lowest BCUT2D eigenvalue weighted by Crippen LogP contribution is -2.61. The largest absolute Gasteiger partial charge is 0.317 e. The molecule has 1 heterocycles. The Bertz CT molecular complexity index is 242. The summed E-state index contributed by atoms with van der Waals surface area (Å²) in [5.41, 5.74) is 0.776. The predicted molar refractivity (Wildman–Crippen MR) is 72.2 cm³/mol. The van der Waals surface area contributed by atoms with Crippen molar-refractivity contribution in [2.24, 2.45) is 5.41 Å². The molecule has 1 N–H and O–H groups in total. The van der Waals surface area contributed by atoms with E-state index in [1.165, 1.54) is 70.9 Å². The first-order chi connectivity index (χ1) is 8.31. The summed E-state index contributed by atoms with van der Waals surface area (Å²) in [6.45, 7) is 2.86. The maximum absolute atomic E-state index is 3.44. The van der Waals surface area contributed by atoms with Crippen LogP contribution in [0.3, 0.4) is 0 Å². The van der Waals surface area contributed by atoms with Crippen LogP contribution in [0.2, 0.25) is 0 Å². The van der Waals surface area contributed by atoms with E-state index in [1.807, 2.05) is 0 Å². The van der Waals surface area contributed by atoms with Gasteiger partial charge in [-0.15, -0.1) is 0 Å². The number of nitrogens with one attached hydrogen (secondary N) is 1. The molecule has 0 atom stereocenters. The highest BCUT2D eigenvalue weighted by atomic mass is 15.2. The quantitative estimate of drug-likeness (QED) is 0.793. The molecule has 2 aliphatic carbocycles. The van der Waals surface area contributed by atoms with Crippen molar-refractivity contribution < 1.29 is 0 Å². The highest BCUT2D eigenvalue weighted by molar-refractivity contribution is 4.99. The Labute approximate surface area is 106 Å². The van der Waals surface area contributed by atoms with Crippen molar-refractivity contribution in [1.82, 2.24) is 10.2 Å². The minimum absolute atomic E-state index is 0.776. The van der Waals surface area contributed by atoms with Crippen LogP contribution in [0.15, 0.2) is 0 Å². The third-order valence-corrected chi connectivity index (χ3v) is 5.61. The Balaban J connectivity index is 1.46. The second kappa shape index (κ2) is 4.89. The first-order valence-corrected chi connectivity index (χ1v) is 7.73. The summed E-state index contributed by atoms with van der Waals surface area (Å²) in [4.78, 5) is 2.80. The van der Waals surface area contributed by atoms with Crippen molar-refractivity contribution in [3.8, 4) is 0 Å². The molecule has 0 unspecified atom stereocenters. The van der Waals surface area contributed by atoms with Gasteiger partial charge in [0.1, 0.15) is 0 Å². The maximum atomic E-state index is 3.44. The fraction of sp³-hybridized carbons (Fsp3) is 1.00. The summed E-state index contributed by atoms with van der Waals surface area (Å²) in [7, 11) is 2.12. The van der Waals surface area contributed by atoms with Crippen LogP contribution in [-0.2, 0) is 0 Å². The van der Waals surface area contributed by atoms with Crippen LogP contribution in [0.1, 0.15) is 57.8 Å². The Morgan fingerprint density at radius 1 is 0.941 bits per heavy atom. The third kappa shape index (κ3) is 2.39. The van der Waals surface area contributed by atoms with Gasteiger partial charge in [0, 0.05) is 25.2 Å². The molecule has 0 aromatic heterocycles. The monoisotopic (exact) mass is 236 g/mol.